The van der Waals surface area contributed by atoms with Crippen molar-refractivity contribution >= 4 is 29.6 Å². The SMILES string of the molecule is N=C/C=C1\NC(CO)=Cc2ccnc(Cl)c21. The van der Waals surface area contributed by atoms with Crippen LogP contribution in [-0.4, -0.2) is 22.9 Å². The second kappa shape index (κ2) is 4.47. The highest BCUT2D eigenvalue weighted by Gasteiger charge is 2.17. The zero-order valence-corrected chi connectivity index (χ0v) is 9.12. The summed E-state index contributed by atoms with van der Waals surface area (Å²) in [7, 11) is 0. The van der Waals surface area contributed by atoms with E-state index < -0.39 is 0 Å². The van der Waals surface area contributed by atoms with Gasteiger partial charge >= 0.3 is 0 Å². The maximum absolute atomic E-state index is 9.11. The molecule has 5 heteroatoms. The third kappa shape index (κ3) is 1.85. The van der Waals surface area contributed by atoms with Gasteiger partial charge in [0.25, 0.3) is 0 Å². The van der Waals surface area contributed by atoms with Crippen LogP contribution in [0.5, 0.6) is 0 Å². The van der Waals surface area contributed by atoms with E-state index >= 15 is 0 Å². The van der Waals surface area contributed by atoms with Gasteiger partial charge in [0.05, 0.1) is 12.3 Å². The number of fused-ring (bicyclic) bond motifs is 1. The van der Waals surface area contributed by atoms with E-state index in [2.05, 4.69) is 10.3 Å². The molecule has 1 aromatic rings. The summed E-state index contributed by atoms with van der Waals surface area (Å²) in [4.78, 5) is 3.99. The fraction of sp³-hybridized carbons (Fsp3) is 0.0909. The number of aromatic nitrogens is 1. The van der Waals surface area contributed by atoms with E-state index in [-0.39, 0.29) is 6.61 Å². The average Bonchev–Trinajstić information content (AvgIpc) is 2.29. The summed E-state index contributed by atoms with van der Waals surface area (Å²) in [5, 5.41) is 19.6. The Hall–Kier alpha value is -1.65. The molecule has 0 saturated heterocycles. The fourth-order valence-electron chi connectivity index (χ4n) is 1.59. The van der Waals surface area contributed by atoms with Crippen LogP contribution in [0.3, 0.4) is 0 Å². The minimum atomic E-state index is -0.0886. The maximum atomic E-state index is 9.11. The summed E-state index contributed by atoms with van der Waals surface area (Å²) in [5.41, 5.74) is 2.98. The molecule has 4 nitrogen and oxygen atoms in total. The largest absolute Gasteiger partial charge is 0.390 e. The molecule has 0 radical (unpaired) electrons. The van der Waals surface area contributed by atoms with Crippen LogP contribution >= 0.6 is 11.6 Å². The molecule has 0 atom stereocenters. The lowest BCUT2D eigenvalue weighted by Gasteiger charge is -2.20. The number of nitrogens with one attached hydrogen (secondary N) is 2. The number of allylic oxidation sites excluding steroid dienone is 1. The first-order valence-corrected chi connectivity index (χ1v) is 5.08. The topological polar surface area (TPSA) is 69.0 Å². The van der Waals surface area contributed by atoms with E-state index in [1.807, 2.05) is 12.1 Å². The molecule has 0 bridgehead atoms. The zero-order valence-electron chi connectivity index (χ0n) is 8.37. The van der Waals surface area contributed by atoms with Gasteiger partial charge in [0, 0.05) is 23.7 Å². The van der Waals surface area contributed by atoms with Crippen LogP contribution in [0, 0.1) is 5.41 Å². The first-order valence-electron chi connectivity index (χ1n) is 4.70. The lowest BCUT2D eigenvalue weighted by Crippen LogP contribution is -2.19. The van der Waals surface area contributed by atoms with E-state index in [1.165, 1.54) is 0 Å². The van der Waals surface area contributed by atoms with Gasteiger partial charge in [0.2, 0.25) is 0 Å². The third-order valence-corrected chi connectivity index (χ3v) is 2.54. The van der Waals surface area contributed by atoms with E-state index in [9.17, 15) is 0 Å². The van der Waals surface area contributed by atoms with Crippen LogP contribution in [0.2, 0.25) is 5.15 Å². The normalized spacial score (nSPS) is 16.4. The summed E-state index contributed by atoms with van der Waals surface area (Å²) in [6.07, 6.45) is 6.16. The standard InChI is InChI=1S/C11H10ClN3O/c12-11-10-7(2-4-14-11)5-8(6-16)15-9(10)1-3-13/h1-5,13,15-16H,6H2/b9-1-,13-3?. The molecular weight excluding hydrogens is 226 g/mol. The Morgan fingerprint density at radius 2 is 2.38 bits per heavy atom. The number of hydrogen-bond donors (Lipinski definition) is 3. The summed E-state index contributed by atoms with van der Waals surface area (Å²) in [5.74, 6) is 0. The predicted octanol–water partition coefficient (Wildman–Crippen LogP) is 1.66. The van der Waals surface area contributed by atoms with Gasteiger partial charge in [-0.25, -0.2) is 4.98 Å². The molecule has 0 amide bonds. The molecule has 0 spiro atoms. The minimum absolute atomic E-state index is 0.0886. The Bertz CT molecular complexity index is 494. The van der Waals surface area contributed by atoms with Crippen LogP contribution in [0.1, 0.15) is 11.1 Å². The van der Waals surface area contributed by atoms with Crippen molar-refractivity contribution in [3.05, 3.63) is 40.3 Å². The van der Waals surface area contributed by atoms with Gasteiger partial charge in [-0.3, -0.25) is 0 Å². The second-order valence-electron chi connectivity index (χ2n) is 3.27. The first kappa shape index (κ1) is 10.9. The van der Waals surface area contributed by atoms with Gasteiger partial charge in [0.15, 0.2) is 0 Å². The first-order chi connectivity index (χ1) is 7.76. The lowest BCUT2D eigenvalue weighted by atomic mass is 10.0. The molecule has 2 rings (SSSR count). The number of halogens is 1. The van der Waals surface area contributed by atoms with Crippen molar-refractivity contribution in [2.24, 2.45) is 0 Å². The van der Waals surface area contributed by atoms with Crippen LogP contribution in [0.4, 0.5) is 0 Å². The summed E-state index contributed by atoms with van der Waals surface area (Å²) >= 11 is 6.00. The van der Waals surface area contributed by atoms with Crippen LogP contribution in [0.25, 0.3) is 11.8 Å². The molecule has 0 aliphatic carbocycles. The Labute approximate surface area is 97.8 Å². The Kier molecular flexibility index (Phi) is 3.03. The van der Waals surface area contributed by atoms with Gasteiger partial charge in [-0.05, 0) is 23.8 Å². The second-order valence-corrected chi connectivity index (χ2v) is 3.62. The van der Waals surface area contributed by atoms with Crippen LogP contribution in [-0.2, 0) is 0 Å². The van der Waals surface area contributed by atoms with Gasteiger partial charge in [-0.2, -0.15) is 0 Å². The Morgan fingerprint density at radius 1 is 1.56 bits per heavy atom. The third-order valence-electron chi connectivity index (χ3n) is 2.25. The van der Waals surface area contributed by atoms with Gasteiger partial charge < -0.3 is 15.8 Å². The minimum Gasteiger partial charge on any atom is -0.390 e. The molecule has 1 aromatic heterocycles. The van der Waals surface area contributed by atoms with Crippen molar-refractivity contribution < 1.29 is 5.11 Å². The molecule has 82 valence electrons. The highest BCUT2D eigenvalue weighted by atomic mass is 35.5. The van der Waals surface area contributed by atoms with Crippen molar-refractivity contribution in [2.75, 3.05) is 6.61 Å². The number of nitrogens with zero attached hydrogens (tertiary/aromatic N) is 1. The molecule has 3 N–H and O–H groups in total. The van der Waals surface area contributed by atoms with Crippen LogP contribution in [0.15, 0.2) is 24.0 Å². The molecule has 0 fully saturated rings. The Balaban J connectivity index is 2.62. The number of rotatable bonds is 2. The molecule has 0 aromatic carbocycles. The van der Waals surface area contributed by atoms with E-state index in [1.54, 1.807) is 12.3 Å². The van der Waals surface area contributed by atoms with Gasteiger partial charge in [0.1, 0.15) is 5.15 Å². The number of pyridine rings is 1. The zero-order chi connectivity index (χ0) is 11.5. The van der Waals surface area contributed by atoms with Crippen molar-refractivity contribution in [1.29, 1.82) is 5.41 Å². The van der Waals surface area contributed by atoms with E-state index in [0.29, 0.717) is 16.5 Å². The monoisotopic (exact) mass is 235 g/mol. The molecule has 1 aliphatic rings. The predicted molar refractivity (Wildman–Crippen MR) is 64.2 cm³/mol. The van der Waals surface area contributed by atoms with E-state index in [4.69, 9.17) is 22.1 Å². The fourth-order valence-corrected chi connectivity index (χ4v) is 1.86. The highest BCUT2D eigenvalue weighted by Crippen LogP contribution is 2.29. The van der Waals surface area contributed by atoms with Gasteiger partial charge in [-0.15, -0.1) is 0 Å². The molecular formula is C11H10ClN3O. The smallest absolute Gasteiger partial charge is 0.138 e. The summed E-state index contributed by atoms with van der Waals surface area (Å²) < 4.78 is 0. The highest BCUT2D eigenvalue weighted by molar-refractivity contribution is 6.31. The number of hydrogen-bond acceptors (Lipinski definition) is 4. The molecule has 16 heavy (non-hydrogen) atoms. The molecule has 1 aliphatic heterocycles. The number of aliphatic hydroxyl groups excluding tert-OH is 1. The average molecular weight is 236 g/mol. The van der Waals surface area contributed by atoms with Crippen molar-refractivity contribution in [1.82, 2.24) is 10.3 Å². The summed E-state index contributed by atoms with van der Waals surface area (Å²) in [6.45, 7) is -0.0886. The van der Waals surface area contributed by atoms with E-state index in [0.717, 1.165) is 17.3 Å². The quantitative estimate of drug-likeness (QED) is 0.539. The van der Waals surface area contributed by atoms with Crippen molar-refractivity contribution in [3.8, 4) is 0 Å². The summed E-state index contributed by atoms with van der Waals surface area (Å²) in [6, 6.07) is 1.81. The molecule has 2 heterocycles. The van der Waals surface area contributed by atoms with Gasteiger partial charge in [-0.1, -0.05) is 11.6 Å². The lowest BCUT2D eigenvalue weighted by molar-refractivity contribution is 0.326. The molecule has 0 saturated carbocycles. The number of aliphatic hydroxyl groups is 1. The van der Waals surface area contributed by atoms with Crippen molar-refractivity contribution in [3.63, 3.8) is 0 Å². The molecule has 0 unspecified atom stereocenters. The van der Waals surface area contributed by atoms with Crippen molar-refractivity contribution in [2.45, 2.75) is 0 Å². The Morgan fingerprint density at radius 3 is 3.06 bits per heavy atom. The maximum Gasteiger partial charge on any atom is 0.138 e. The van der Waals surface area contributed by atoms with Crippen LogP contribution < -0.4 is 5.32 Å².